The van der Waals surface area contributed by atoms with E-state index in [1.807, 2.05) is 6.92 Å². The Morgan fingerprint density at radius 1 is 1.32 bits per heavy atom. The van der Waals surface area contributed by atoms with Crippen molar-refractivity contribution >= 4 is 18.3 Å². The molecular weight excluding hydrogens is 304 g/mol. The molecule has 0 aromatic heterocycles. The molecule has 1 aliphatic heterocycles. The van der Waals surface area contributed by atoms with Gasteiger partial charge in [-0.1, -0.05) is 0 Å². The van der Waals surface area contributed by atoms with Crippen molar-refractivity contribution in [2.75, 3.05) is 27.3 Å². The Kier molecular flexibility index (Phi) is 7.48. The Morgan fingerprint density at radius 2 is 1.95 bits per heavy atom. The van der Waals surface area contributed by atoms with Gasteiger partial charge in [0.25, 0.3) is 5.91 Å². The van der Waals surface area contributed by atoms with Gasteiger partial charge in [-0.15, -0.1) is 12.4 Å². The van der Waals surface area contributed by atoms with E-state index in [0.717, 1.165) is 18.5 Å². The van der Waals surface area contributed by atoms with Crippen LogP contribution in [0.1, 0.15) is 35.2 Å². The van der Waals surface area contributed by atoms with E-state index in [0.29, 0.717) is 29.6 Å². The van der Waals surface area contributed by atoms with Gasteiger partial charge in [0, 0.05) is 23.7 Å². The lowest BCUT2D eigenvalue weighted by Crippen LogP contribution is -2.30. The number of carbonyl (C=O) groups is 1. The van der Waals surface area contributed by atoms with E-state index < -0.39 is 0 Å². The quantitative estimate of drug-likeness (QED) is 0.841. The smallest absolute Gasteiger partial charge is 0.251 e. The molecule has 0 bridgehead atoms. The second-order valence-electron chi connectivity index (χ2n) is 5.34. The summed E-state index contributed by atoms with van der Waals surface area (Å²) >= 11 is 0. The minimum atomic E-state index is -0.0930. The predicted octanol–water partition coefficient (Wildman–Crippen LogP) is 2.31. The highest BCUT2D eigenvalue weighted by Gasteiger charge is 2.16. The molecule has 124 valence electrons. The minimum Gasteiger partial charge on any atom is -0.496 e. The molecular formula is C16H25ClN2O3. The van der Waals surface area contributed by atoms with Crippen LogP contribution in [-0.4, -0.2) is 39.3 Å². The fourth-order valence-electron chi connectivity index (χ4n) is 2.68. The monoisotopic (exact) mass is 328 g/mol. The Labute approximate surface area is 138 Å². The van der Waals surface area contributed by atoms with Gasteiger partial charge in [0.05, 0.1) is 14.2 Å². The molecule has 1 aromatic carbocycles. The van der Waals surface area contributed by atoms with Gasteiger partial charge in [-0.05, 0) is 44.9 Å². The molecule has 1 heterocycles. The molecule has 2 N–H and O–H groups in total. The topological polar surface area (TPSA) is 59.6 Å². The fraction of sp³-hybridized carbons (Fsp3) is 0.562. The van der Waals surface area contributed by atoms with E-state index in [9.17, 15) is 4.79 Å². The number of halogens is 1. The zero-order valence-electron chi connectivity index (χ0n) is 13.4. The van der Waals surface area contributed by atoms with Gasteiger partial charge in [-0.25, -0.2) is 0 Å². The van der Waals surface area contributed by atoms with Crippen LogP contribution in [-0.2, 0) is 0 Å². The normalized spacial score (nSPS) is 16.8. The van der Waals surface area contributed by atoms with E-state index in [4.69, 9.17) is 9.47 Å². The summed E-state index contributed by atoms with van der Waals surface area (Å²) in [5.41, 5.74) is 1.46. The summed E-state index contributed by atoms with van der Waals surface area (Å²) < 4.78 is 10.6. The standard InChI is InChI=1S/C16H24N2O3.ClH/c1-11-14(20-2)9-12(10-15(11)21-3)16(19)18-8-6-13-5-4-7-17-13;/h9-10,13,17H,4-8H2,1-3H3,(H,18,19);1H/t13-;/m1./s1. The van der Waals surface area contributed by atoms with Crippen LogP contribution in [0.15, 0.2) is 12.1 Å². The third-order valence-electron chi connectivity index (χ3n) is 3.96. The van der Waals surface area contributed by atoms with Crippen LogP contribution < -0.4 is 20.1 Å². The van der Waals surface area contributed by atoms with Crippen LogP contribution in [0.25, 0.3) is 0 Å². The van der Waals surface area contributed by atoms with Crippen molar-refractivity contribution < 1.29 is 14.3 Å². The first-order valence-corrected chi connectivity index (χ1v) is 7.40. The molecule has 1 amide bonds. The predicted molar refractivity (Wildman–Crippen MR) is 89.5 cm³/mol. The molecule has 1 aromatic rings. The van der Waals surface area contributed by atoms with Crippen molar-refractivity contribution in [3.8, 4) is 11.5 Å². The Morgan fingerprint density at radius 3 is 2.45 bits per heavy atom. The van der Waals surface area contributed by atoms with Crippen molar-refractivity contribution in [2.45, 2.75) is 32.2 Å². The number of hydrogen-bond acceptors (Lipinski definition) is 4. The number of ether oxygens (including phenoxy) is 2. The third-order valence-corrected chi connectivity index (χ3v) is 3.96. The molecule has 0 aliphatic carbocycles. The highest BCUT2D eigenvalue weighted by molar-refractivity contribution is 5.95. The zero-order chi connectivity index (χ0) is 15.2. The van der Waals surface area contributed by atoms with Crippen LogP contribution in [0.3, 0.4) is 0 Å². The average Bonchev–Trinajstić information content (AvgIpc) is 3.00. The van der Waals surface area contributed by atoms with E-state index in [2.05, 4.69) is 10.6 Å². The maximum atomic E-state index is 12.2. The zero-order valence-corrected chi connectivity index (χ0v) is 14.2. The second-order valence-corrected chi connectivity index (χ2v) is 5.34. The molecule has 0 radical (unpaired) electrons. The number of carbonyl (C=O) groups excluding carboxylic acids is 1. The minimum absolute atomic E-state index is 0. The first kappa shape index (κ1) is 18.6. The van der Waals surface area contributed by atoms with Gasteiger partial charge < -0.3 is 20.1 Å². The summed E-state index contributed by atoms with van der Waals surface area (Å²) in [5.74, 6) is 1.23. The summed E-state index contributed by atoms with van der Waals surface area (Å²) in [7, 11) is 3.18. The van der Waals surface area contributed by atoms with Crippen molar-refractivity contribution in [3.63, 3.8) is 0 Å². The molecule has 0 unspecified atom stereocenters. The van der Waals surface area contributed by atoms with E-state index >= 15 is 0 Å². The van der Waals surface area contributed by atoms with E-state index in [1.54, 1.807) is 26.4 Å². The lowest BCUT2D eigenvalue weighted by Gasteiger charge is -2.14. The Bertz CT molecular complexity index is 477. The molecule has 2 rings (SSSR count). The molecule has 0 spiro atoms. The highest BCUT2D eigenvalue weighted by Crippen LogP contribution is 2.29. The molecule has 1 atom stereocenters. The molecule has 6 heteroatoms. The Hall–Kier alpha value is -1.46. The first-order valence-electron chi connectivity index (χ1n) is 7.40. The van der Waals surface area contributed by atoms with Crippen LogP contribution in [0, 0.1) is 6.92 Å². The largest absolute Gasteiger partial charge is 0.496 e. The SMILES string of the molecule is COc1cc(C(=O)NCC[C@H]2CCCN2)cc(OC)c1C.Cl. The highest BCUT2D eigenvalue weighted by atomic mass is 35.5. The maximum Gasteiger partial charge on any atom is 0.251 e. The number of nitrogens with one attached hydrogen (secondary N) is 2. The van der Waals surface area contributed by atoms with Gasteiger partial charge >= 0.3 is 0 Å². The summed E-state index contributed by atoms with van der Waals surface area (Å²) in [6.07, 6.45) is 3.39. The Balaban J connectivity index is 0.00000242. The number of benzene rings is 1. The number of methoxy groups -OCH3 is 2. The van der Waals surface area contributed by atoms with Crippen LogP contribution in [0.5, 0.6) is 11.5 Å². The molecule has 1 fully saturated rings. The molecule has 0 saturated carbocycles. The average molecular weight is 329 g/mol. The van der Waals surface area contributed by atoms with Gasteiger partial charge in [-0.2, -0.15) is 0 Å². The van der Waals surface area contributed by atoms with Crippen molar-refractivity contribution in [1.29, 1.82) is 0 Å². The lowest BCUT2D eigenvalue weighted by atomic mass is 10.1. The maximum absolute atomic E-state index is 12.2. The lowest BCUT2D eigenvalue weighted by molar-refractivity contribution is 0.0951. The van der Waals surface area contributed by atoms with Gasteiger partial charge in [-0.3, -0.25) is 4.79 Å². The fourth-order valence-corrected chi connectivity index (χ4v) is 2.68. The molecule has 5 nitrogen and oxygen atoms in total. The van der Waals surface area contributed by atoms with E-state index in [-0.39, 0.29) is 18.3 Å². The van der Waals surface area contributed by atoms with Crippen LogP contribution >= 0.6 is 12.4 Å². The van der Waals surface area contributed by atoms with Crippen molar-refractivity contribution in [1.82, 2.24) is 10.6 Å². The summed E-state index contributed by atoms with van der Waals surface area (Å²) in [6, 6.07) is 4.04. The summed E-state index contributed by atoms with van der Waals surface area (Å²) in [5, 5.41) is 6.38. The van der Waals surface area contributed by atoms with Gasteiger partial charge in [0.1, 0.15) is 11.5 Å². The van der Waals surface area contributed by atoms with Crippen LogP contribution in [0.2, 0.25) is 0 Å². The number of rotatable bonds is 6. The first-order chi connectivity index (χ1) is 10.2. The van der Waals surface area contributed by atoms with Gasteiger partial charge in [0.2, 0.25) is 0 Å². The van der Waals surface area contributed by atoms with Gasteiger partial charge in [0.15, 0.2) is 0 Å². The third kappa shape index (κ3) is 4.52. The number of hydrogen-bond donors (Lipinski definition) is 2. The molecule has 1 aliphatic rings. The van der Waals surface area contributed by atoms with Crippen molar-refractivity contribution in [3.05, 3.63) is 23.3 Å². The van der Waals surface area contributed by atoms with E-state index in [1.165, 1.54) is 12.8 Å². The molecule has 1 saturated heterocycles. The van der Waals surface area contributed by atoms with Crippen LogP contribution in [0.4, 0.5) is 0 Å². The molecule has 22 heavy (non-hydrogen) atoms. The summed E-state index contributed by atoms with van der Waals surface area (Å²) in [6.45, 7) is 3.67. The number of amides is 1. The van der Waals surface area contributed by atoms with Crippen molar-refractivity contribution in [2.24, 2.45) is 0 Å². The summed E-state index contributed by atoms with van der Waals surface area (Å²) in [4.78, 5) is 12.2. The second kappa shape index (κ2) is 8.86.